The van der Waals surface area contributed by atoms with Crippen LogP contribution in [0.25, 0.3) is 0 Å². The lowest BCUT2D eigenvalue weighted by molar-refractivity contribution is 0.0974. The van der Waals surface area contributed by atoms with E-state index in [2.05, 4.69) is 22.9 Å². The van der Waals surface area contributed by atoms with Gasteiger partial charge in [-0.1, -0.05) is 45.1 Å². The molecule has 0 aromatic heterocycles. The monoisotopic (exact) mass is 314 g/mol. The standard InChI is InChI=1S/C15H20BrFO/c1-2-3-4-5-6-7-11-14(18)15-12(16)9-8-10-13(15)17/h8-10H,2-7,11H2,1H3. The lowest BCUT2D eigenvalue weighted by atomic mass is 10.0. The largest absolute Gasteiger partial charge is 0.294 e. The quantitative estimate of drug-likeness (QED) is 0.456. The van der Waals surface area contributed by atoms with Crippen molar-refractivity contribution < 1.29 is 9.18 Å². The van der Waals surface area contributed by atoms with Crippen LogP contribution >= 0.6 is 15.9 Å². The van der Waals surface area contributed by atoms with Crippen molar-refractivity contribution in [2.75, 3.05) is 0 Å². The maximum atomic E-state index is 13.5. The molecule has 0 N–H and O–H groups in total. The van der Waals surface area contributed by atoms with E-state index in [-0.39, 0.29) is 11.3 Å². The summed E-state index contributed by atoms with van der Waals surface area (Å²) in [6.07, 6.45) is 7.22. The van der Waals surface area contributed by atoms with Gasteiger partial charge in [-0.25, -0.2) is 4.39 Å². The van der Waals surface area contributed by atoms with Crippen LogP contribution in [-0.2, 0) is 0 Å². The molecule has 0 amide bonds. The fourth-order valence-electron chi connectivity index (χ4n) is 1.96. The third-order valence-electron chi connectivity index (χ3n) is 3.00. The van der Waals surface area contributed by atoms with E-state index in [0.29, 0.717) is 10.9 Å². The molecule has 1 aromatic carbocycles. The Morgan fingerprint density at radius 1 is 1.17 bits per heavy atom. The molecule has 18 heavy (non-hydrogen) atoms. The van der Waals surface area contributed by atoms with Gasteiger partial charge in [0.05, 0.1) is 5.56 Å². The number of halogens is 2. The molecule has 0 aliphatic heterocycles. The van der Waals surface area contributed by atoms with E-state index in [1.165, 1.54) is 31.7 Å². The number of hydrogen-bond donors (Lipinski definition) is 0. The molecular weight excluding hydrogens is 295 g/mol. The molecule has 1 nitrogen and oxygen atoms in total. The van der Waals surface area contributed by atoms with E-state index in [0.717, 1.165) is 12.8 Å². The van der Waals surface area contributed by atoms with Crippen LogP contribution in [0.15, 0.2) is 22.7 Å². The SMILES string of the molecule is CCCCCCCCC(=O)c1c(F)cccc1Br. The molecule has 1 aromatic rings. The molecule has 0 aliphatic rings. The molecule has 1 rings (SSSR count). The third-order valence-corrected chi connectivity index (χ3v) is 3.66. The minimum absolute atomic E-state index is 0.101. The molecule has 0 radical (unpaired) electrons. The van der Waals surface area contributed by atoms with Gasteiger partial charge < -0.3 is 0 Å². The molecule has 0 spiro atoms. The molecule has 0 unspecified atom stereocenters. The van der Waals surface area contributed by atoms with Crippen LogP contribution < -0.4 is 0 Å². The average molecular weight is 315 g/mol. The zero-order chi connectivity index (χ0) is 13.4. The Labute approximate surface area is 117 Å². The van der Waals surface area contributed by atoms with Gasteiger partial charge in [0.1, 0.15) is 5.82 Å². The van der Waals surface area contributed by atoms with Gasteiger partial charge >= 0.3 is 0 Å². The van der Waals surface area contributed by atoms with Gasteiger partial charge in [-0.3, -0.25) is 4.79 Å². The molecule has 0 bridgehead atoms. The predicted molar refractivity (Wildman–Crippen MR) is 76.4 cm³/mol. The van der Waals surface area contributed by atoms with Crippen LogP contribution in [0.2, 0.25) is 0 Å². The molecule has 0 saturated heterocycles. The predicted octanol–water partition coefficient (Wildman–Crippen LogP) is 5.52. The van der Waals surface area contributed by atoms with Crippen molar-refractivity contribution in [1.29, 1.82) is 0 Å². The van der Waals surface area contributed by atoms with Gasteiger partial charge in [-0.05, 0) is 34.5 Å². The highest BCUT2D eigenvalue weighted by Gasteiger charge is 2.14. The summed E-state index contributed by atoms with van der Waals surface area (Å²) < 4.78 is 14.1. The Hall–Kier alpha value is -0.700. The van der Waals surface area contributed by atoms with Crippen LogP contribution in [0.3, 0.4) is 0 Å². The Kier molecular flexibility index (Phi) is 7.18. The minimum Gasteiger partial charge on any atom is -0.294 e. The van der Waals surface area contributed by atoms with Crippen LogP contribution in [0.1, 0.15) is 62.2 Å². The van der Waals surface area contributed by atoms with Crippen LogP contribution in [-0.4, -0.2) is 5.78 Å². The van der Waals surface area contributed by atoms with E-state index < -0.39 is 5.82 Å². The zero-order valence-electron chi connectivity index (χ0n) is 10.8. The first-order valence-electron chi connectivity index (χ1n) is 6.64. The number of benzene rings is 1. The van der Waals surface area contributed by atoms with Crippen molar-refractivity contribution in [2.45, 2.75) is 51.9 Å². The summed E-state index contributed by atoms with van der Waals surface area (Å²) in [5, 5.41) is 0. The number of Topliss-reactive ketones (excluding diaryl/α,β-unsaturated/α-hetero) is 1. The van der Waals surface area contributed by atoms with Crippen LogP contribution in [0.4, 0.5) is 4.39 Å². The summed E-state index contributed by atoms with van der Waals surface area (Å²) in [4.78, 5) is 11.9. The summed E-state index contributed by atoms with van der Waals surface area (Å²) >= 11 is 3.23. The van der Waals surface area contributed by atoms with Gasteiger partial charge in [-0.15, -0.1) is 0 Å². The molecule has 100 valence electrons. The van der Waals surface area contributed by atoms with E-state index >= 15 is 0 Å². The maximum Gasteiger partial charge on any atom is 0.166 e. The van der Waals surface area contributed by atoms with Gasteiger partial charge in [0.25, 0.3) is 0 Å². The number of carbonyl (C=O) groups is 1. The summed E-state index contributed by atoms with van der Waals surface area (Å²) in [6.45, 7) is 2.18. The molecule has 3 heteroatoms. The first-order chi connectivity index (χ1) is 8.66. The highest BCUT2D eigenvalue weighted by atomic mass is 79.9. The topological polar surface area (TPSA) is 17.1 Å². The van der Waals surface area contributed by atoms with Crippen molar-refractivity contribution in [1.82, 2.24) is 0 Å². The Balaban J connectivity index is 2.37. The molecule has 0 fully saturated rings. The highest BCUT2D eigenvalue weighted by molar-refractivity contribution is 9.10. The molecule has 0 heterocycles. The van der Waals surface area contributed by atoms with Gasteiger partial charge in [0, 0.05) is 10.9 Å². The minimum atomic E-state index is -0.430. The van der Waals surface area contributed by atoms with Crippen molar-refractivity contribution in [3.8, 4) is 0 Å². The van der Waals surface area contributed by atoms with E-state index in [1.807, 2.05) is 0 Å². The number of unbranched alkanes of at least 4 members (excludes halogenated alkanes) is 5. The fraction of sp³-hybridized carbons (Fsp3) is 0.533. The summed E-state index contributed by atoms with van der Waals surface area (Å²) in [5.41, 5.74) is 0.200. The van der Waals surface area contributed by atoms with E-state index in [4.69, 9.17) is 0 Å². The van der Waals surface area contributed by atoms with Crippen molar-refractivity contribution in [3.63, 3.8) is 0 Å². The molecular formula is C15H20BrFO. The number of rotatable bonds is 8. The van der Waals surface area contributed by atoms with Crippen LogP contribution in [0.5, 0.6) is 0 Å². The third kappa shape index (κ3) is 4.89. The first kappa shape index (κ1) is 15.4. The average Bonchev–Trinajstić information content (AvgIpc) is 2.33. The number of hydrogen-bond acceptors (Lipinski definition) is 1. The normalized spacial score (nSPS) is 10.6. The lowest BCUT2D eigenvalue weighted by Crippen LogP contribution is -2.03. The summed E-state index contributed by atoms with van der Waals surface area (Å²) in [6, 6.07) is 4.64. The van der Waals surface area contributed by atoms with Crippen molar-refractivity contribution in [3.05, 3.63) is 34.1 Å². The van der Waals surface area contributed by atoms with Gasteiger partial charge in [-0.2, -0.15) is 0 Å². The summed E-state index contributed by atoms with van der Waals surface area (Å²) in [7, 11) is 0. The summed E-state index contributed by atoms with van der Waals surface area (Å²) in [5.74, 6) is -0.532. The van der Waals surface area contributed by atoms with E-state index in [9.17, 15) is 9.18 Å². The zero-order valence-corrected chi connectivity index (χ0v) is 12.4. The second kappa shape index (κ2) is 8.41. The fourth-order valence-corrected chi connectivity index (χ4v) is 2.52. The van der Waals surface area contributed by atoms with Crippen LogP contribution in [0, 0.1) is 5.82 Å². The Morgan fingerprint density at radius 2 is 1.83 bits per heavy atom. The van der Waals surface area contributed by atoms with E-state index in [1.54, 1.807) is 12.1 Å². The second-order valence-corrected chi connectivity index (χ2v) is 5.39. The maximum absolute atomic E-state index is 13.5. The molecule has 0 atom stereocenters. The lowest BCUT2D eigenvalue weighted by Gasteiger charge is -2.05. The second-order valence-electron chi connectivity index (χ2n) is 4.54. The molecule has 0 aliphatic carbocycles. The Bertz CT molecular complexity index is 370. The van der Waals surface area contributed by atoms with Crippen molar-refractivity contribution in [2.24, 2.45) is 0 Å². The van der Waals surface area contributed by atoms with Gasteiger partial charge in [0.15, 0.2) is 5.78 Å². The molecule has 0 saturated carbocycles. The van der Waals surface area contributed by atoms with Gasteiger partial charge in [0.2, 0.25) is 0 Å². The number of ketones is 1. The smallest absolute Gasteiger partial charge is 0.166 e. The first-order valence-corrected chi connectivity index (χ1v) is 7.43. The van der Waals surface area contributed by atoms with Crippen molar-refractivity contribution >= 4 is 21.7 Å². The Morgan fingerprint density at radius 3 is 2.50 bits per heavy atom. The highest BCUT2D eigenvalue weighted by Crippen LogP contribution is 2.22. The number of carbonyl (C=O) groups excluding carboxylic acids is 1.